The highest BCUT2D eigenvalue weighted by atomic mass is 19.0. The molecule has 0 aromatic carbocycles. The molecule has 0 aliphatic heterocycles. The normalized spacial score (nSPS) is 5.00. The Kier molecular flexibility index (Phi) is 60.2. The second kappa shape index (κ2) is 21.2. The summed E-state index contributed by atoms with van der Waals surface area (Å²) in [7, 11) is 0. The molecule has 2 N–H and O–H groups in total. The van der Waals surface area contributed by atoms with Gasteiger partial charge < -0.3 is 5.73 Å². The third-order valence-corrected chi connectivity index (χ3v) is 0.289. The zero-order chi connectivity index (χ0) is 3.41. The molecule has 0 radical (unpaired) electrons. The van der Waals surface area contributed by atoms with E-state index in [1.165, 1.54) is 0 Å². The number of halogens is 2. The summed E-state index contributed by atoms with van der Waals surface area (Å²) in [6, 6.07) is 0. The van der Waals surface area contributed by atoms with Gasteiger partial charge in [0.2, 0.25) is 0 Å². The minimum atomic E-state index is 0. The fraction of sp³-hybridized carbons (Fsp3) is 1.00. The summed E-state index contributed by atoms with van der Waals surface area (Å²) >= 11 is 0. The molecular formula is C3H11F2N. The molecule has 0 saturated carbocycles. The van der Waals surface area contributed by atoms with Crippen LogP contribution in [0.5, 0.6) is 0 Å². The van der Waals surface area contributed by atoms with E-state index >= 15 is 0 Å². The van der Waals surface area contributed by atoms with Gasteiger partial charge in [-0.05, 0) is 13.0 Å². The molecule has 0 saturated heterocycles. The van der Waals surface area contributed by atoms with Crippen LogP contribution in [0.15, 0.2) is 0 Å². The zero-order valence-corrected chi connectivity index (χ0v) is 3.81. The quantitative estimate of drug-likeness (QED) is 0.513. The van der Waals surface area contributed by atoms with Crippen molar-refractivity contribution >= 4 is 0 Å². The Hall–Kier alpha value is -0.180. The van der Waals surface area contributed by atoms with Crippen molar-refractivity contribution in [2.24, 2.45) is 5.73 Å². The fourth-order valence-corrected chi connectivity index (χ4v) is 0. The van der Waals surface area contributed by atoms with Gasteiger partial charge in [0, 0.05) is 0 Å². The SMILES string of the molecule is CCCN.F.F. The van der Waals surface area contributed by atoms with Crippen LogP contribution >= 0.6 is 0 Å². The summed E-state index contributed by atoms with van der Waals surface area (Å²) < 4.78 is 0. The molecule has 42 valence electrons. The van der Waals surface area contributed by atoms with Gasteiger partial charge in [-0.2, -0.15) is 0 Å². The molecule has 0 aliphatic rings. The smallest absolute Gasteiger partial charge is 0.00799 e. The summed E-state index contributed by atoms with van der Waals surface area (Å²) in [6.45, 7) is 2.88. The van der Waals surface area contributed by atoms with E-state index in [9.17, 15) is 0 Å². The first-order valence-electron chi connectivity index (χ1n) is 1.62. The van der Waals surface area contributed by atoms with Gasteiger partial charge in [-0.3, -0.25) is 9.41 Å². The molecule has 0 unspecified atom stereocenters. The van der Waals surface area contributed by atoms with Crippen molar-refractivity contribution in [3.8, 4) is 0 Å². The van der Waals surface area contributed by atoms with Crippen molar-refractivity contribution < 1.29 is 9.41 Å². The van der Waals surface area contributed by atoms with Crippen molar-refractivity contribution in [3.63, 3.8) is 0 Å². The Morgan fingerprint density at radius 3 is 1.50 bits per heavy atom. The van der Waals surface area contributed by atoms with Crippen LogP contribution < -0.4 is 5.73 Å². The first-order chi connectivity index (χ1) is 1.91. The summed E-state index contributed by atoms with van der Waals surface area (Å²) in [6.07, 6.45) is 1.10. The van der Waals surface area contributed by atoms with Gasteiger partial charge in [0.1, 0.15) is 0 Å². The van der Waals surface area contributed by atoms with Crippen molar-refractivity contribution in [2.75, 3.05) is 6.54 Å². The second-order valence-corrected chi connectivity index (χ2v) is 0.789. The van der Waals surface area contributed by atoms with Gasteiger partial charge in [-0.15, -0.1) is 0 Å². The first kappa shape index (κ1) is 17.0. The van der Waals surface area contributed by atoms with E-state index in [4.69, 9.17) is 5.73 Å². The minimum absolute atomic E-state index is 0. The molecule has 0 heterocycles. The predicted octanol–water partition coefficient (Wildman–Crippen LogP) is 0.660. The summed E-state index contributed by atoms with van der Waals surface area (Å²) in [5.74, 6) is 0. The highest BCUT2D eigenvalue weighted by Gasteiger charge is 1.55. The lowest BCUT2D eigenvalue weighted by Gasteiger charge is -1.70. The Labute approximate surface area is 36.3 Å². The lowest BCUT2D eigenvalue weighted by Crippen LogP contribution is -1.93. The Bertz CT molecular complexity index is 10.8. The zero-order valence-electron chi connectivity index (χ0n) is 3.81. The first-order valence-corrected chi connectivity index (χ1v) is 1.62. The Morgan fingerprint density at radius 1 is 1.33 bits per heavy atom. The van der Waals surface area contributed by atoms with Crippen LogP contribution in [-0.2, 0) is 0 Å². The van der Waals surface area contributed by atoms with Crippen molar-refractivity contribution in [1.82, 2.24) is 0 Å². The van der Waals surface area contributed by atoms with Gasteiger partial charge in [-0.1, -0.05) is 6.92 Å². The molecule has 0 aromatic rings. The van der Waals surface area contributed by atoms with Crippen molar-refractivity contribution in [2.45, 2.75) is 13.3 Å². The number of rotatable bonds is 1. The lowest BCUT2D eigenvalue weighted by atomic mass is 10.5. The maximum Gasteiger partial charge on any atom is -0.00799 e. The number of nitrogens with two attached hydrogens (primary N) is 1. The highest BCUT2D eigenvalue weighted by molar-refractivity contribution is 4.19. The third-order valence-electron chi connectivity index (χ3n) is 0.289. The van der Waals surface area contributed by atoms with Gasteiger partial charge in [0.25, 0.3) is 0 Å². The van der Waals surface area contributed by atoms with E-state index in [-0.39, 0.29) is 9.41 Å². The highest BCUT2D eigenvalue weighted by Crippen LogP contribution is 1.57. The second-order valence-electron chi connectivity index (χ2n) is 0.789. The average molecular weight is 99.1 g/mol. The lowest BCUT2D eigenvalue weighted by molar-refractivity contribution is 0.932. The molecule has 0 fully saturated rings. The van der Waals surface area contributed by atoms with Crippen molar-refractivity contribution in [1.29, 1.82) is 0 Å². The van der Waals surface area contributed by atoms with Gasteiger partial charge >= 0.3 is 0 Å². The van der Waals surface area contributed by atoms with E-state index in [2.05, 4.69) is 6.92 Å². The summed E-state index contributed by atoms with van der Waals surface area (Å²) in [5, 5.41) is 0. The maximum atomic E-state index is 5.03. The van der Waals surface area contributed by atoms with Gasteiger partial charge in [0.15, 0.2) is 0 Å². The molecule has 6 heavy (non-hydrogen) atoms. The maximum absolute atomic E-state index is 5.03. The largest absolute Gasteiger partial charge is 0.330 e. The molecule has 0 rings (SSSR count). The van der Waals surface area contributed by atoms with Crippen LogP contribution in [0.1, 0.15) is 13.3 Å². The molecule has 0 aromatic heterocycles. The number of hydrogen-bond acceptors (Lipinski definition) is 1. The predicted molar refractivity (Wildman–Crippen MR) is 24.4 cm³/mol. The van der Waals surface area contributed by atoms with Crippen LogP contribution in [-0.4, -0.2) is 6.54 Å². The van der Waals surface area contributed by atoms with Crippen LogP contribution in [0.4, 0.5) is 9.41 Å². The molecular weight excluding hydrogens is 88.0 g/mol. The van der Waals surface area contributed by atoms with E-state index in [1.54, 1.807) is 0 Å². The van der Waals surface area contributed by atoms with Crippen LogP contribution in [0.25, 0.3) is 0 Å². The molecule has 0 aliphatic carbocycles. The van der Waals surface area contributed by atoms with Crippen LogP contribution in [0.3, 0.4) is 0 Å². The molecule has 0 spiro atoms. The van der Waals surface area contributed by atoms with E-state index in [0.717, 1.165) is 13.0 Å². The number of hydrogen-bond donors (Lipinski definition) is 1. The molecule has 1 nitrogen and oxygen atoms in total. The van der Waals surface area contributed by atoms with Gasteiger partial charge in [-0.25, -0.2) is 0 Å². The topological polar surface area (TPSA) is 26.0 Å². The molecule has 0 bridgehead atoms. The molecule has 0 atom stereocenters. The minimum Gasteiger partial charge on any atom is -0.330 e. The van der Waals surface area contributed by atoms with Crippen LogP contribution in [0, 0.1) is 0 Å². The monoisotopic (exact) mass is 99.1 g/mol. The molecule has 3 heteroatoms. The summed E-state index contributed by atoms with van der Waals surface area (Å²) in [4.78, 5) is 0. The van der Waals surface area contributed by atoms with Crippen molar-refractivity contribution in [3.05, 3.63) is 0 Å². The molecule has 0 amide bonds. The van der Waals surface area contributed by atoms with E-state index in [1.807, 2.05) is 0 Å². The summed E-state index contributed by atoms with van der Waals surface area (Å²) in [5.41, 5.74) is 5.03. The fourth-order valence-electron chi connectivity index (χ4n) is 0. The third kappa shape index (κ3) is 45.2. The van der Waals surface area contributed by atoms with E-state index < -0.39 is 0 Å². The van der Waals surface area contributed by atoms with Crippen LogP contribution in [0.2, 0.25) is 0 Å². The standard InChI is InChI=1S/C3H9N.2FH/c1-2-3-4;;/h2-4H2,1H3;2*1H. The van der Waals surface area contributed by atoms with Gasteiger partial charge in [0.05, 0.1) is 0 Å². The average Bonchev–Trinajstić information content (AvgIpc) is 1.37. The Balaban J connectivity index is -0.0000000450. The Morgan fingerprint density at radius 2 is 1.50 bits per heavy atom. The van der Waals surface area contributed by atoms with E-state index in [0.29, 0.717) is 0 Å².